The van der Waals surface area contributed by atoms with E-state index < -0.39 is 22.8 Å². The second kappa shape index (κ2) is 13.9. The fraction of sp³-hybridized carbons (Fsp3) is 0.321. The molecule has 1 heterocycles. The predicted octanol–water partition coefficient (Wildman–Crippen LogP) is 3.60. The molecule has 2 aromatic carbocycles. The lowest BCUT2D eigenvalue weighted by molar-refractivity contribution is -0.385. The third-order valence-electron chi connectivity index (χ3n) is 5.93. The first kappa shape index (κ1) is 29.8. The van der Waals surface area contributed by atoms with Crippen molar-refractivity contribution < 1.29 is 38.3 Å². The molecule has 0 bridgehead atoms. The van der Waals surface area contributed by atoms with Gasteiger partial charge in [-0.25, -0.2) is 9.59 Å². The van der Waals surface area contributed by atoms with E-state index in [0.717, 1.165) is 0 Å². The number of nitro benzene ring substituents is 1. The number of carbonyl (C=O) groups excluding carboxylic acids is 3. The zero-order valence-corrected chi connectivity index (χ0v) is 22.6. The minimum absolute atomic E-state index is 0.0158. The number of hydrogen-bond acceptors (Lipinski definition) is 10. The van der Waals surface area contributed by atoms with Crippen molar-refractivity contribution in [3.05, 3.63) is 86.7 Å². The third kappa shape index (κ3) is 7.44. The number of esters is 2. The van der Waals surface area contributed by atoms with Crippen LogP contribution in [0, 0.1) is 10.1 Å². The minimum atomic E-state index is -1.12. The quantitative estimate of drug-likeness (QED) is 0.172. The summed E-state index contributed by atoms with van der Waals surface area (Å²) in [4.78, 5) is 49.0. The number of rotatable bonds is 12. The molecule has 2 aromatic rings. The SMILES string of the molecule is COCCOC(=O)C1=C(C)NC(C)=C(C(=O)OCCOc2ccc(NC(C)=O)cc2)C1c1ccccc1[N+](=O)[O-]. The highest BCUT2D eigenvalue weighted by Gasteiger charge is 2.40. The van der Waals surface area contributed by atoms with E-state index in [-0.39, 0.29) is 54.7 Å². The van der Waals surface area contributed by atoms with E-state index in [1.165, 1.54) is 32.2 Å². The molecule has 212 valence electrons. The van der Waals surface area contributed by atoms with Gasteiger partial charge in [0.05, 0.1) is 28.6 Å². The van der Waals surface area contributed by atoms with Crippen LogP contribution in [0.1, 0.15) is 32.3 Å². The monoisotopic (exact) mass is 553 g/mol. The Morgan fingerprint density at radius 1 is 0.900 bits per heavy atom. The number of methoxy groups -OCH3 is 1. The summed E-state index contributed by atoms with van der Waals surface area (Å²) in [5.41, 5.74) is 1.37. The van der Waals surface area contributed by atoms with E-state index in [1.54, 1.807) is 44.2 Å². The summed E-state index contributed by atoms with van der Waals surface area (Å²) in [5.74, 6) is -2.33. The topological polar surface area (TPSA) is 155 Å². The number of dihydropyridines is 1. The molecule has 1 aliphatic heterocycles. The highest BCUT2D eigenvalue weighted by molar-refractivity contribution is 6.00. The highest BCUT2D eigenvalue weighted by atomic mass is 16.6. The zero-order chi connectivity index (χ0) is 29.2. The number of hydrogen-bond donors (Lipinski definition) is 2. The van der Waals surface area contributed by atoms with Crippen LogP contribution >= 0.6 is 0 Å². The van der Waals surface area contributed by atoms with Gasteiger partial charge < -0.3 is 29.6 Å². The maximum Gasteiger partial charge on any atom is 0.336 e. The van der Waals surface area contributed by atoms with Crippen molar-refractivity contribution >= 4 is 29.2 Å². The van der Waals surface area contributed by atoms with Gasteiger partial charge in [0.2, 0.25) is 5.91 Å². The molecule has 0 fully saturated rings. The third-order valence-corrected chi connectivity index (χ3v) is 5.93. The molecule has 3 rings (SSSR count). The zero-order valence-electron chi connectivity index (χ0n) is 22.6. The van der Waals surface area contributed by atoms with Crippen molar-refractivity contribution in [1.29, 1.82) is 0 Å². The van der Waals surface area contributed by atoms with Gasteiger partial charge in [0, 0.05) is 42.7 Å². The Morgan fingerprint density at radius 3 is 2.02 bits per heavy atom. The maximum absolute atomic E-state index is 13.4. The number of nitrogens with one attached hydrogen (secondary N) is 2. The number of para-hydroxylation sites is 1. The second-order valence-corrected chi connectivity index (χ2v) is 8.77. The normalized spacial score (nSPS) is 14.8. The van der Waals surface area contributed by atoms with Gasteiger partial charge in [-0.2, -0.15) is 0 Å². The van der Waals surface area contributed by atoms with E-state index in [9.17, 15) is 24.5 Å². The Labute approximate surface area is 231 Å². The average Bonchev–Trinajstić information content (AvgIpc) is 2.91. The predicted molar refractivity (Wildman–Crippen MR) is 144 cm³/mol. The number of anilines is 1. The number of nitrogens with zero attached hydrogens (tertiary/aromatic N) is 1. The van der Waals surface area contributed by atoms with Crippen molar-refractivity contribution in [2.24, 2.45) is 0 Å². The molecule has 1 atom stereocenters. The van der Waals surface area contributed by atoms with Gasteiger partial charge >= 0.3 is 11.9 Å². The van der Waals surface area contributed by atoms with Crippen molar-refractivity contribution in [2.45, 2.75) is 26.7 Å². The first-order valence-electron chi connectivity index (χ1n) is 12.4. The van der Waals surface area contributed by atoms with Crippen molar-refractivity contribution in [3.63, 3.8) is 0 Å². The molecule has 0 spiro atoms. The summed E-state index contributed by atoms with van der Waals surface area (Å²) in [5, 5.41) is 17.5. The molecular weight excluding hydrogens is 522 g/mol. The van der Waals surface area contributed by atoms with Crippen LogP contribution in [0.4, 0.5) is 11.4 Å². The Hall–Kier alpha value is -4.71. The van der Waals surface area contributed by atoms with E-state index in [0.29, 0.717) is 22.8 Å². The van der Waals surface area contributed by atoms with Crippen LogP contribution in [0.25, 0.3) is 0 Å². The minimum Gasteiger partial charge on any atom is -0.490 e. The van der Waals surface area contributed by atoms with Crippen molar-refractivity contribution in [3.8, 4) is 5.75 Å². The number of amides is 1. The molecule has 0 aliphatic carbocycles. The molecular formula is C28H31N3O9. The smallest absolute Gasteiger partial charge is 0.336 e. The molecule has 0 saturated heterocycles. The maximum atomic E-state index is 13.4. The van der Waals surface area contributed by atoms with Crippen LogP contribution in [0.5, 0.6) is 5.75 Å². The summed E-state index contributed by atoms with van der Waals surface area (Å²) >= 11 is 0. The second-order valence-electron chi connectivity index (χ2n) is 8.77. The van der Waals surface area contributed by atoms with Crippen LogP contribution in [-0.2, 0) is 28.6 Å². The lowest BCUT2D eigenvalue weighted by Gasteiger charge is -2.30. The largest absolute Gasteiger partial charge is 0.490 e. The lowest BCUT2D eigenvalue weighted by atomic mass is 9.79. The average molecular weight is 554 g/mol. The van der Waals surface area contributed by atoms with Crippen molar-refractivity contribution in [2.75, 3.05) is 38.9 Å². The first-order valence-corrected chi connectivity index (χ1v) is 12.4. The number of allylic oxidation sites excluding steroid dienone is 2. The summed E-state index contributed by atoms with van der Waals surface area (Å²) < 4.78 is 21.4. The molecule has 0 aromatic heterocycles. The first-order chi connectivity index (χ1) is 19.1. The Balaban J connectivity index is 1.82. The van der Waals surface area contributed by atoms with Crippen LogP contribution in [0.15, 0.2) is 71.1 Å². The van der Waals surface area contributed by atoms with Crippen LogP contribution in [-0.4, -0.2) is 56.3 Å². The van der Waals surface area contributed by atoms with Gasteiger partial charge in [-0.15, -0.1) is 0 Å². The van der Waals surface area contributed by atoms with Gasteiger partial charge in [-0.05, 0) is 38.1 Å². The Bertz CT molecular complexity index is 1330. The molecule has 1 unspecified atom stereocenters. The molecule has 0 radical (unpaired) electrons. The number of nitro groups is 1. The van der Waals surface area contributed by atoms with E-state index in [4.69, 9.17) is 18.9 Å². The number of ether oxygens (including phenoxy) is 4. The molecule has 2 N–H and O–H groups in total. The molecule has 0 saturated carbocycles. The molecule has 12 nitrogen and oxygen atoms in total. The van der Waals surface area contributed by atoms with Gasteiger partial charge in [-0.3, -0.25) is 14.9 Å². The van der Waals surface area contributed by atoms with Crippen LogP contribution < -0.4 is 15.4 Å². The van der Waals surface area contributed by atoms with Gasteiger partial charge in [0.1, 0.15) is 25.6 Å². The summed E-state index contributed by atoms with van der Waals surface area (Å²) in [7, 11) is 1.46. The van der Waals surface area contributed by atoms with Gasteiger partial charge in [0.25, 0.3) is 5.69 Å². The summed E-state index contributed by atoms with van der Waals surface area (Å²) in [6.45, 7) is 4.66. The van der Waals surface area contributed by atoms with Crippen LogP contribution in [0.3, 0.4) is 0 Å². The fourth-order valence-corrected chi connectivity index (χ4v) is 4.25. The van der Waals surface area contributed by atoms with E-state index in [2.05, 4.69) is 10.6 Å². The van der Waals surface area contributed by atoms with Crippen LogP contribution in [0.2, 0.25) is 0 Å². The standard InChI is InChI=1S/C28H31N3O9/c1-17-24(27(33)39-14-13-37-4)26(22-7-5-6-8-23(22)31(35)36)25(18(2)29-17)28(34)40-16-15-38-21-11-9-20(10-12-21)30-19(3)32/h5-12,26,29H,13-16H2,1-4H3,(H,30,32). The van der Waals surface area contributed by atoms with E-state index in [1.807, 2.05) is 0 Å². The number of carbonyl (C=O) groups is 3. The molecule has 40 heavy (non-hydrogen) atoms. The highest BCUT2D eigenvalue weighted by Crippen LogP contribution is 2.42. The Kier molecular flexibility index (Phi) is 10.4. The molecule has 12 heteroatoms. The fourth-order valence-electron chi connectivity index (χ4n) is 4.25. The van der Waals surface area contributed by atoms with Crippen molar-refractivity contribution in [1.82, 2.24) is 5.32 Å². The van der Waals surface area contributed by atoms with Gasteiger partial charge in [-0.1, -0.05) is 18.2 Å². The number of benzene rings is 2. The molecule has 1 amide bonds. The molecule has 1 aliphatic rings. The Morgan fingerprint density at radius 2 is 1.48 bits per heavy atom. The summed E-state index contributed by atoms with van der Waals surface area (Å²) in [6.07, 6.45) is 0. The summed E-state index contributed by atoms with van der Waals surface area (Å²) in [6, 6.07) is 12.6. The van der Waals surface area contributed by atoms with E-state index >= 15 is 0 Å². The van der Waals surface area contributed by atoms with Gasteiger partial charge in [0.15, 0.2) is 0 Å². The lowest BCUT2D eigenvalue weighted by Crippen LogP contribution is -2.33.